The quantitative estimate of drug-likeness (QED) is 0.674. The molecule has 0 spiro atoms. The molecule has 0 aliphatic rings. The van der Waals surface area contributed by atoms with Crippen LogP contribution in [0.5, 0.6) is 11.5 Å². The van der Waals surface area contributed by atoms with Gasteiger partial charge in [-0.05, 0) is 12.1 Å². The van der Waals surface area contributed by atoms with Crippen molar-refractivity contribution in [3.8, 4) is 29.9 Å². The monoisotopic (exact) mass is 187 g/mol. The fourth-order valence-electron chi connectivity index (χ4n) is 0.961. The van der Waals surface area contributed by atoms with Crippen LogP contribution in [0, 0.1) is 23.7 Å². The van der Waals surface area contributed by atoms with Gasteiger partial charge in [-0.1, -0.05) is 5.92 Å². The molecule has 0 bridgehead atoms. The highest BCUT2D eigenvalue weighted by Gasteiger charge is 2.04. The van der Waals surface area contributed by atoms with Crippen LogP contribution in [0.25, 0.3) is 0 Å². The van der Waals surface area contributed by atoms with Gasteiger partial charge in [0.1, 0.15) is 24.2 Å². The van der Waals surface area contributed by atoms with Crippen LogP contribution in [0.4, 0.5) is 0 Å². The van der Waals surface area contributed by atoms with Gasteiger partial charge < -0.3 is 9.47 Å². The van der Waals surface area contributed by atoms with Crippen molar-refractivity contribution in [2.75, 3.05) is 13.7 Å². The lowest BCUT2D eigenvalue weighted by Crippen LogP contribution is -1.96. The fraction of sp³-hybridized carbons (Fsp3) is 0.182. The van der Waals surface area contributed by atoms with Crippen LogP contribution < -0.4 is 9.47 Å². The van der Waals surface area contributed by atoms with Crippen molar-refractivity contribution in [2.24, 2.45) is 0 Å². The summed E-state index contributed by atoms with van der Waals surface area (Å²) >= 11 is 0. The number of methoxy groups -OCH3 is 1. The first-order chi connectivity index (χ1) is 6.81. The zero-order valence-electron chi connectivity index (χ0n) is 7.78. The number of hydrogen-bond acceptors (Lipinski definition) is 3. The summed E-state index contributed by atoms with van der Waals surface area (Å²) in [5.74, 6) is 3.42. The standard InChI is InChI=1S/C11H9NO2/c1-3-6-14-11-7-10(13-2)5-4-9(11)8-12/h1,4-5,7H,6H2,2H3. The Morgan fingerprint density at radius 1 is 1.50 bits per heavy atom. The Balaban J connectivity index is 2.99. The van der Waals surface area contributed by atoms with Crippen molar-refractivity contribution in [2.45, 2.75) is 0 Å². The fourth-order valence-corrected chi connectivity index (χ4v) is 0.961. The molecule has 0 saturated carbocycles. The molecule has 14 heavy (non-hydrogen) atoms. The van der Waals surface area contributed by atoms with Gasteiger partial charge in [-0.25, -0.2) is 0 Å². The number of terminal acetylenes is 1. The summed E-state index contributed by atoms with van der Waals surface area (Å²) in [7, 11) is 1.55. The third kappa shape index (κ3) is 2.18. The number of hydrogen-bond donors (Lipinski definition) is 0. The summed E-state index contributed by atoms with van der Waals surface area (Å²) in [6.07, 6.45) is 5.05. The SMILES string of the molecule is C#CCOc1cc(OC)ccc1C#N. The molecule has 0 N–H and O–H groups in total. The van der Waals surface area contributed by atoms with E-state index in [1.807, 2.05) is 6.07 Å². The average Bonchev–Trinajstić information content (AvgIpc) is 2.25. The Labute approximate surface area is 82.9 Å². The van der Waals surface area contributed by atoms with Crippen molar-refractivity contribution in [1.82, 2.24) is 0 Å². The molecule has 0 amide bonds. The van der Waals surface area contributed by atoms with Gasteiger partial charge in [0.05, 0.1) is 12.7 Å². The largest absolute Gasteiger partial charge is 0.497 e. The molecule has 3 heteroatoms. The Hall–Kier alpha value is -2.13. The third-order valence-corrected chi connectivity index (χ3v) is 1.62. The zero-order valence-corrected chi connectivity index (χ0v) is 7.78. The van der Waals surface area contributed by atoms with E-state index in [2.05, 4.69) is 5.92 Å². The van der Waals surface area contributed by atoms with E-state index in [-0.39, 0.29) is 6.61 Å². The van der Waals surface area contributed by atoms with Gasteiger partial charge >= 0.3 is 0 Å². The Morgan fingerprint density at radius 3 is 2.86 bits per heavy atom. The highest BCUT2D eigenvalue weighted by atomic mass is 16.5. The molecule has 0 atom stereocenters. The van der Waals surface area contributed by atoms with Crippen LogP contribution in [0.3, 0.4) is 0 Å². The van der Waals surface area contributed by atoms with Crippen LogP contribution in [0.1, 0.15) is 5.56 Å². The Kier molecular flexibility index (Phi) is 3.41. The van der Waals surface area contributed by atoms with E-state index in [9.17, 15) is 0 Å². The minimum Gasteiger partial charge on any atom is -0.497 e. The molecule has 0 saturated heterocycles. The molecule has 1 aromatic rings. The van der Waals surface area contributed by atoms with E-state index in [1.54, 1.807) is 25.3 Å². The maximum absolute atomic E-state index is 8.76. The van der Waals surface area contributed by atoms with Crippen LogP contribution in [0.15, 0.2) is 18.2 Å². The molecule has 0 fully saturated rings. The zero-order chi connectivity index (χ0) is 10.4. The van der Waals surface area contributed by atoms with Crippen LogP contribution in [-0.2, 0) is 0 Å². The highest BCUT2D eigenvalue weighted by molar-refractivity contribution is 5.47. The van der Waals surface area contributed by atoms with Crippen LogP contribution >= 0.6 is 0 Å². The molecule has 0 unspecified atom stereocenters. The van der Waals surface area contributed by atoms with Crippen molar-refractivity contribution in [3.63, 3.8) is 0 Å². The third-order valence-electron chi connectivity index (χ3n) is 1.62. The predicted molar refractivity (Wildman–Crippen MR) is 52.0 cm³/mol. The summed E-state index contributed by atoms with van der Waals surface area (Å²) < 4.78 is 10.2. The second-order valence-corrected chi connectivity index (χ2v) is 2.47. The number of benzene rings is 1. The summed E-state index contributed by atoms with van der Waals surface area (Å²) in [4.78, 5) is 0. The highest BCUT2D eigenvalue weighted by Crippen LogP contribution is 2.23. The maximum atomic E-state index is 8.76. The van der Waals surface area contributed by atoms with Gasteiger partial charge in [0.15, 0.2) is 0 Å². The first-order valence-electron chi connectivity index (χ1n) is 3.96. The molecule has 1 aromatic carbocycles. The maximum Gasteiger partial charge on any atom is 0.148 e. The lowest BCUT2D eigenvalue weighted by atomic mass is 10.2. The van der Waals surface area contributed by atoms with Crippen molar-refractivity contribution in [3.05, 3.63) is 23.8 Å². The molecule has 0 aliphatic carbocycles. The molecule has 0 radical (unpaired) electrons. The van der Waals surface area contributed by atoms with Crippen molar-refractivity contribution in [1.29, 1.82) is 5.26 Å². The number of rotatable bonds is 3. The topological polar surface area (TPSA) is 42.2 Å². The van der Waals surface area contributed by atoms with E-state index >= 15 is 0 Å². The molecule has 1 rings (SSSR count). The van der Waals surface area contributed by atoms with E-state index in [0.29, 0.717) is 17.1 Å². The van der Waals surface area contributed by atoms with Gasteiger partial charge in [0.25, 0.3) is 0 Å². The summed E-state index contributed by atoms with van der Waals surface area (Å²) in [6.45, 7) is 0.141. The molecule has 0 aromatic heterocycles. The lowest BCUT2D eigenvalue weighted by Gasteiger charge is -2.06. The minimum absolute atomic E-state index is 0.141. The summed E-state index contributed by atoms with van der Waals surface area (Å²) in [5.41, 5.74) is 0.445. The lowest BCUT2D eigenvalue weighted by molar-refractivity contribution is 0.362. The van der Waals surface area contributed by atoms with Gasteiger partial charge in [-0.3, -0.25) is 0 Å². The van der Waals surface area contributed by atoms with E-state index in [0.717, 1.165) is 0 Å². The molecule has 3 nitrogen and oxygen atoms in total. The number of ether oxygens (including phenoxy) is 2. The van der Waals surface area contributed by atoms with E-state index in [1.165, 1.54) is 0 Å². The van der Waals surface area contributed by atoms with Gasteiger partial charge in [0.2, 0.25) is 0 Å². The molecule has 70 valence electrons. The van der Waals surface area contributed by atoms with Crippen molar-refractivity contribution >= 4 is 0 Å². The molecular formula is C11H9NO2. The van der Waals surface area contributed by atoms with E-state index < -0.39 is 0 Å². The summed E-state index contributed by atoms with van der Waals surface area (Å²) in [5, 5.41) is 8.76. The Bertz CT molecular complexity index is 399. The van der Waals surface area contributed by atoms with Gasteiger partial charge in [-0.15, -0.1) is 6.42 Å². The smallest absolute Gasteiger partial charge is 0.148 e. The first kappa shape index (κ1) is 9.95. The Morgan fingerprint density at radius 2 is 2.29 bits per heavy atom. The predicted octanol–water partition coefficient (Wildman–Crippen LogP) is 1.58. The molecule has 0 heterocycles. The van der Waals surface area contributed by atoms with Gasteiger partial charge in [-0.2, -0.15) is 5.26 Å². The normalized spacial score (nSPS) is 8.50. The van der Waals surface area contributed by atoms with Crippen LogP contribution in [-0.4, -0.2) is 13.7 Å². The second-order valence-electron chi connectivity index (χ2n) is 2.47. The molecular weight excluding hydrogens is 178 g/mol. The van der Waals surface area contributed by atoms with Crippen LogP contribution in [0.2, 0.25) is 0 Å². The number of nitrogens with zero attached hydrogens (tertiary/aromatic N) is 1. The minimum atomic E-state index is 0.141. The van der Waals surface area contributed by atoms with E-state index in [4.69, 9.17) is 21.2 Å². The van der Waals surface area contributed by atoms with Gasteiger partial charge in [0, 0.05) is 6.07 Å². The number of nitriles is 1. The van der Waals surface area contributed by atoms with Crippen molar-refractivity contribution < 1.29 is 9.47 Å². The first-order valence-corrected chi connectivity index (χ1v) is 3.96. The summed E-state index contributed by atoms with van der Waals surface area (Å²) in [6, 6.07) is 6.97. The second kappa shape index (κ2) is 4.79. The average molecular weight is 187 g/mol. The molecule has 0 aliphatic heterocycles.